The molecule has 96 valence electrons. The average molecular weight is 237 g/mol. The van der Waals surface area contributed by atoms with E-state index in [9.17, 15) is 4.79 Å². The molecule has 0 saturated heterocycles. The number of nitrogens with zero attached hydrogens (tertiary/aromatic N) is 2. The summed E-state index contributed by atoms with van der Waals surface area (Å²) in [4.78, 5) is 14.1. The summed E-state index contributed by atoms with van der Waals surface area (Å²) in [7, 11) is 3.96. The first-order valence-electron chi connectivity index (χ1n) is 6.16. The first-order valence-corrected chi connectivity index (χ1v) is 6.16. The van der Waals surface area contributed by atoms with E-state index in [-0.39, 0.29) is 5.91 Å². The van der Waals surface area contributed by atoms with Crippen LogP contribution in [0.5, 0.6) is 0 Å². The van der Waals surface area contributed by atoms with Gasteiger partial charge in [-0.05, 0) is 32.5 Å². The molecule has 0 aliphatic carbocycles. The van der Waals surface area contributed by atoms with Gasteiger partial charge in [-0.1, -0.05) is 6.92 Å². The summed E-state index contributed by atoms with van der Waals surface area (Å²) in [6.45, 7) is 5.93. The topological polar surface area (TPSA) is 37.3 Å². The van der Waals surface area contributed by atoms with Crippen molar-refractivity contribution in [2.75, 3.05) is 20.1 Å². The molecule has 0 aromatic carbocycles. The van der Waals surface area contributed by atoms with Gasteiger partial charge in [0.25, 0.3) is 5.91 Å². The van der Waals surface area contributed by atoms with E-state index in [2.05, 4.69) is 31.1 Å². The molecule has 4 nitrogen and oxygen atoms in total. The van der Waals surface area contributed by atoms with E-state index in [0.717, 1.165) is 13.0 Å². The van der Waals surface area contributed by atoms with E-state index in [1.54, 1.807) is 0 Å². The van der Waals surface area contributed by atoms with Gasteiger partial charge in [0.15, 0.2) is 0 Å². The van der Waals surface area contributed by atoms with Crippen molar-refractivity contribution in [1.82, 2.24) is 14.8 Å². The second-order valence-corrected chi connectivity index (χ2v) is 4.50. The van der Waals surface area contributed by atoms with Crippen LogP contribution in [-0.4, -0.2) is 41.6 Å². The van der Waals surface area contributed by atoms with E-state index in [0.29, 0.717) is 18.3 Å². The third-order valence-corrected chi connectivity index (χ3v) is 3.27. The van der Waals surface area contributed by atoms with Gasteiger partial charge < -0.3 is 14.8 Å². The zero-order valence-corrected chi connectivity index (χ0v) is 11.2. The molecule has 0 saturated carbocycles. The number of hydrogen-bond acceptors (Lipinski definition) is 2. The molecule has 0 aliphatic rings. The number of likely N-dealkylation sites (N-methyl/N-ethyl adjacent to an activating group) is 1. The Morgan fingerprint density at radius 3 is 2.82 bits per heavy atom. The Bertz CT molecular complexity index is 359. The molecule has 1 amide bonds. The van der Waals surface area contributed by atoms with Crippen molar-refractivity contribution >= 4 is 5.91 Å². The number of amides is 1. The first kappa shape index (κ1) is 13.8. The van der Waals surface area contributed by atoms with Crippen LogP contribution in [0.2, 0.25) is 0 Å². The van der Waals surface area contributed by atoms with E-state index in [1.807, 2.05) is 29.9 Å². The molecule has 1 atom stereocenters. The number of carbonyl (C=O) groups is 1. The van der Waals surface area contributed by atoms with E-state index < -0.39 is 0 Å². The molecule has 4 heteroatoms. The Hall–Kier alpha value is -1.29. The van der Waals surface area contributed by atoms with Gasteiger partial charge in [0.2, 0.25) is 0 Å². The zero-order valence-electron chi connectivity index (χ0n) is 11.2. The molecule has 1 rings (SSSR count). The van der Waals surface area contributed by atoms with Crippen molar-refractivity contribution in [2.24, 2.45) is 7.05 Å². The summed E-state index contributed by atoms with van der Waals surface area (Å²) < 4.78 is 1.83. The fourth-order valence-electron chi connectivity index (χ4n) is 1.67. The van der Waals surface area contributed by atoms with Gasteiger partial charge in [-0.3, -0.25) is 4.79 Å². The maximum Gasteiger partial charge on any atom is 0.267 e. The number of nitrogens with one attached hydrogen (secondary N) is 1. The molecule has 17 heavy (non-hydrogen) atoms. The lowest BCUT2D eigenvalue weighted by atomic mass is 10.2. The zero-order chi connectivity index (χ0) is 12.8. The van der Waals surface area contributed by atoms with Crippen LogP contribution in [0.15, 0.2) is 18.3 Å². The molecule has 1 unspecified atom stereocenters. The highest BCUT2D eigenvalue weighted by Crippen LogP contribution is 2.00. The van der Waals surface area contributed by atoms with Crippen LogP contribution in [0, 0.1) is 0 Å². The number of carbonyl (C=O) groups excluding carboxylic acids is 1. The first-order chi connectivity index (χ1) is 8.06. The SMILES string of the molecule is CCC(C)N(C)CCNC(=O)c1cccn1C. The molecule has 0 spiro atoms. The summed E-state index contributed by atoms with van der Waals surface area (Å²) in [5, 5.41) is 2.93. The lowest BCUT2D eigenvalue weighted by Gasteiger charge is -2.23. The van der Waals surface area contributed by atoms with Crippen LogP contribution in [0.25, 0.3) is 0 Å². The lowest BCUT2D eigenvalue weighted by molar-refractivity contribution is 0.0939. The highest BCUT2D eigenvalue weighted by Gasteiger charge is 2.09. The Kier molecular flexibility index (Phi) is 5.22. The summed E-state index contributed by atoms with van der Waals surface area (Å²) in [5.74, 6) is -0.00458. The highest BCUT2D eigenvalue weighted by molar-refractivity contribution is 5.92. The van der Waals surface area contributed by atoms with Crippen LogP contribution in [0.4, 0.5) is 0 Å². The van der Waals surface area contributed by atoms with Crippen molar-refractivity contribution in [3.05, 3.63) is 24.0 Å². The third-order valence-electron chi connectivity index (χ3n) is 3.27. The normalized spacial score (nSPS) is 12.8. The molecule has 1 aromatic rings. The minimum absolute atomic E-state index is 0.00458. The molecule has 0 fully saturated rings. The van der Waals surface area contributed by atoms with Crippen molar-refractivity contribution < 1.29 is 4.79 Å². The summed E-state index contributed by atoms with van der Waals surface area (Å²) in [5.41, 5.74) is 0.705. The minimum atomic E-state index is -0.00458. The molecule has 1 N–H and O–H groups in total. The molecular formula is C13H23N3O. The van der Waals surface area contributed by atoms with Gasteiger partial charge in [0, 0.05) is 32.4 Å². The van der Waals surface area contributed by atoms with E-state index in [1.165, 1.54) is 0 Å². The van der Waals surface area contributed by atoms with Gasteiger partial charge in [0.05, 0.1) is 0 Å². The molecule has 0 bridgehead atoms. The number of aromatic nitrogens is 1. The monoisotopic (exact) mass is 237 g/mol. The Morgan fingerprint density at radius 2 is 2.29 bits per heavy atom. The van der Waals surface area contributed by atoms with Crippen LogP contribution >= 0.6 is 0 Å². The summed E-state index contributed by atoms with van der Waals surface area (Å²) in [6.07, 6.45) is 3.00. The summed E-state index contributed by atoms with van der Waals surface area (Å²) in [6, 6.07) is 4.26. The Morgan fingerprint density at radius 1 is 1.59 bits per heavy atom. The summed E-state index contributed by atoms with van der Waals surface area (Å²) >= 11 is 0. The van der Waals surface area contributed by atoms with Gasteiger partial charge in [-0.15, -0.1) is 0 Å². The van der Waals surface area contributed by atoms with Crippen LogP contribution in [0.3, 0.4) is 0 Å². The second kappa shape index (κ2) is 6.45. The van der Waals surface area contributed by atoms with Crippen molar-refractivity contribution in [3.8, 4) is 0 Å². The Labute approximate surface area is 104 Å². The van der Waals surface area contributed by atoms with Gasteiger partial charge in [-0.2, -0.15) is 0 Å². The molecule has 0 radical (unpaired) electrons. The van der Waals surface area contributed by atoms with Crippen molar-refractivity contribution in [1.29, 1.82) is 0 Å². The predicted octanol–water partition coefficient (Wildman–Crippen LogP) is 1.49. The van der Waals surface area contributed by atoms with Crippen LogP contribution in [0.1, 0.15) is 30.8 Å². The fraction of sp³-hybridized carbons (Fsp3) is 0.615. The highest BCUT2D eigenvalue weighted by atomic mass is 16.1. The Balaban J connectivity index is 2.32. The number of hydrogen-bond donors (Lipinski definition) is 1. The maximum absolute atomic E-state index is 11.8. The van der Waals surface area contributed by atoms with E-state index >= 15 is 0 Å². The molecule has 1 aromatic heterocycles. The van der Waals surface area contributed by atoms with Crippen molar-refractivity contribution in [2.45, 2.75) is 26.3 Å². The molecule has 1 heterocycles. The largest absolute Gasteiger partial charge is 0.349 e. The lowest BCUT2D eigenvalue weighted by Crippen LogP contribution is -2.37. The molecular weight excluding hydrogens is 214 g/mol. The predicted molar refractivity (Wildman–Crippen MR) is 70.1 cm³/mol. The van der Waals surface area contributed by atoms with Gasteiger partial charge in [-0.25, -0.2) is 0 Å². The standard InChI is InChI=1S/C13H23N3O/c1-5-11(2)15(3)10-8-14-13(17)12-7-6-9-16(12)4/h6-7,9,11H,5,8,10H2,1-4H3,(H,14,17). The maximum atomic E-state index is 11.8. The van der Waals surface area contributed by atoms with Crippen molar-refractivity contribution in [3.63, 3.8) is 0 Å². The quantitative estimate of drug-likeness (QED) is 0.814. The average Bonchev–Trinajstić information content (AvgIpc) is 2.74. The molecule has 0 aliphatic heterocycles. The smallest absolute Gasteiger partial charge is 0.267 e. The number of rotatable bonds is 6. The van der Waals surface area contributed by atoms with Gasteiger partial charge in [0.1, 0.15) is 5.69 Å². The van der Waals surface area contributed by atoms with Crippen LogP contribution < -0.4 is 5.32 Å². The second-order valence-electron chi connectivity index (χ2n) is 4.50. The third kappa shape index (κ3) is 3.89. The van der Waals surface area contributed by atoms with Gasteiger partial charge >= 0.3 is 0 Å². The number of aryl methyl sites for hydroxylation is 1. The minimum Gasteiger partial charge on any atom is -0.349 e. The van der Waals surface area contributed by atoms with Crippen LogP contribution in [-0.2, 0) is 7.05 Å². The fourth-order valence-corrected chi connectivity index (χ4v) is 1.67. The van der Waals surface area contributed by atoms with E-state index in [4.69, 9.17) is 0 Å².